The number of thiazole rings is 1. The molecule has 0 N–H and O–H groups in total. The first-order valence-electron chi connectivity index (χ1n) is 6.81. The van der Waals surface area contributed by atoms with Crippen LogP contribution in [0.25, 0.3) is 0 Å². The molecule has 0 bridgehead atoms. The fourth-order valence-electron chi connectivity index (χ4n) is 2.39. The molecule has 1 aliphatic heterocycles. The quantitative estimate of drug-likeness (QED) is 0.836. The maximum absolute atomic E-state index is 13.2. The van der Waals surface area contributed by atoms with Gasteiger partial charge in [0, 0.05) is 18.1 Å². The molecule has 118 valence electrons. The molecule has 3 rings (SSSR count). The summed E-state index contributed by atoms with van der Waals surface area (Å²) < 4.78 is 45.0. The van der Waals surface area contributed by atoms with Crippen LogP contribution in [-0.4, -0.2) is 36.9 Å². The van der Waals surface area contributed by atoms with Gasteiger partial charge in [0.05, 0.1) is 12.3 Å². The van der Waals surface area contributed by atoms with Gasteiger partial charge in [-0.2, -0.15) is 4.31 Å². The Labute approximate surface area is 132 Å². The summed E-state index contributed by atoms with van der Waals surface area (Å²) in [5.74, 6) is -0.631. The molecular formula is C14H15FN2O3S2. The lowest BCUT2D eigenvalue weighted by Gasteiger charge is -2.16. The highest BCUT2D eigenvalue weighted by molar-refractivity contribution is 7.88. The number of rotatable bonds is 5. The summed E-state index contributed by atoms with van der Waals surface area (Å²) in [7, 11) is -3.47. The van der Waals surface area contributed by atoms with Crippen molar-refractivity contribution < 1.29 is 17.5 Å². The van der Waals surface area contributed by atoms with E-state index in [0.717, 1.165) is 0 Å². The average molecular weight is 342 g/mol. The molecule has 0 spiro atoms. The summed E-state index contributed by atoms with van der Waals surface area (Å²) in [5, 5.41) is 2.36. The van der Waals surface area contributed by atoms with Crippen LogP contribution >= 0.6 is 11.3 Å². The molecule has 0 radical (unpaired) electrons. The monoisotopic (exact) mass is 342 g/mol. The molecule has 0 aliphatic carbocycles. The second-order valence-electron chi connectivity index (χ2n) is 5.07. The first-order chi connectivity index (χ1) is 10.5. The van der Waals surface area contributed by atoms with Crippen molar-refractivity contribution in [3.63, 3.8) is 0 Å². The number of ether oxygens (including phenoxy) is 1. The van der Waals surface area contributed by atoms with Gasteiger partial charge in [-0.25, -0.2) is 17.8 Å². The zero-order chi connectivity index (χ0) is 15.6. The molecule has 5 nitrogen and oxygen atoms in total. The van der Waals surface area contributed by atoms with Crippen molar-refractivity contribution in [1.82, 2.24) is 9.29 Å². The minimum Gasteiger partial charge on any atom is -0.465 e. The predicted molar refractivity (Wildman–Crippen MR) is 81.7 cm³/mol. The number of aromatic nitrogens is 1. The number of nitrogens with zero attached hydrogens (tertiary/aromatic N) is 2. The first-order valence-corrected chi connectivity index (χ1v) is 9.30. The maximum atomic E-state index is 13.2. The van der Waals surface area contributed by atoms with Gasteiger partial charge in [0.1, 0.15) is 11.9 Å². The Morgan fingerprint density at radius 1 is 1.45 bits per heavy atom. The molecule has 2 aromatic rings. The Kier molecular flexibility index (Phi) is 4.42. The second kappa shape index (κ2) is 6.31. The van der Waals surface area contributed by atoms with Crippen LogP contribution in [0.3, 0.4) is 0 Å². The molecule has 22 heavy (non-hydrogen) atoms. The molecular weight excluding hydrogens is 327 g/mol. The largest absolute Gasteiger partial charge is 0.465 e. The maximum Gasteiger partial charge on any atom is 0.273 e. The minimum absolute atomic E-state index is 0.187. The van der Waals surface area contributed by atoms with Gasteiger partial charge in [0.2, 0.25) is 10.0 Å². The SMILES string of the molecule is O=S(=O)(Cc1cccc(F)c1)N1CCC(Oc2nccs2)C1. The molecule has 2 heterocycles. The fraction of sp³-hybridized carbons (Fsp3) is 0.357. The summed E-state index contributed by atoms with van der Waals surface area (Å²) in [6.45, 7) is 0.713. The predicted octanol–water partition coefficient (Wildman–Crippen LogP) is 2.27. The van der Waals surface area contributed by atoms with Crippen molar-refractivity contribution in [2.75, 3.05) is 13.1 Å². The van der Waals surface area contributed by atoms with E-state index in [-0.39, 0.29) is 11.9 Å². The molecule has 0 saturated carbocycles. The number of hydrogen-bond donors (Lipinski definition) is 0. The Bertz CT molecular complexity index is 734. The van der Waals surface area contributed by atoms with Gasteiger partial charge in [-0.1, -0.05) is 23.5 Å². The lowest BCUT2D eigenvalue weighted by molar-refractivity contribution is 0.214. The smallest absolute Gasteiger partial charge is 0.273 e. The first kappa shape index (κ1) is 15.4. The highest BCUT2D eigenvalue weighted by atomic mass is 32.2. The standard InChI is InChI=1S/C14H15FN2O3S2/c15-12-3-1-2-11(8-12)10-22(18,19)17-6-4-13(9-17)20-14-16-5-7-21-14/h1-3,5,7-8,13H,4,6,9-10H2. The Balaban J connectivity index is 1.63. The van der Waals surface area contributed by atoms with Gasteiger partial charge < -0.3 is 4.74 Å². The summed E-state index contributed by atoms with van der Waals surface area (Å²) in [6, 6.07) is 5.67. The molecule has 1 aromatic carbocycles. The second-order valence-corrected chi connectivity index (χ2v) is 7.90. The topological polar surface area (TPSA) is 59.5 Å². The molecule has 1 fully saturated rings. The Morgan fingerprint density at radius 3 is 3.05 bits per heavy atom. The zero-order valence-electron chi connectivity index (χ0n) is 11.7. The van der Waals surface area contributed by atoms with Crippen molar-refractivity contribution in [2.45, 2.75) is 18.3 Å². The third-order valence-corrected chi connectivity index (χ3v) is 5.89. The van der Waals surface area contributed by atoms with Gasteiger partial charge in [0.15, 0.2) is 0 Å². The number of benzene rings is 1. The van der Waals surface area contributed by atoms with Gasteiger partial charge in [-0.05, 0) is 24.1 Å². The van der Waals surface area contributed by atoms with Crippen molar-refractivity contribution in [3.05, 3.63) is 47.2 Å². The molecule has 1 saturated heterocycles. The van der Waals surface area contributed by atoms with E-state index in [1.807, 2.05) is 5.38 Å². The van der Waals surface area contributed by atoms with Crippen LogP contribution in [0.1, 0.15) is 12.0 Å². The van der Waals surface area contributed by atoms with Crippen LogP contribution in [-0.2, 0) is 15.8 Å². The van der Waals surface area contributed by atoms with Crippen molar-refractivity contribution in [3.8, 4) is 5.19 Å². The van der Waals surface area contributed by atoms with Crippen LogP contribution in [0.4, 0.5) is 4.39 Å². The van der Waals surface area contributed by atoms with Gasteiger partial charge in [-0.3, -0.25) is 0 Å². The van der Waals surface area contributed by atoms with Crippen molar-refractivity contribution >= 4 is 21.4 Å². The fourth-order valence-corrected chi connectivity index (χ4v) is 4.50. The third kappa shape index (κ3) is 3.63. The van der Waals surface area contributed by atoms with E-state index < -0.39 is 15.8 Å². The van der Waals surface area contributed by atoms with E-state index in [9.17, 15) is 12.8 Å². The van der Waals surface area contributed by atoms with E-state index >= 15 is 0 Å². The Hall–Kier alpha value is -1.51. The highest BCUT2D eigenvalue weighted by Gasteiger charge is 2.32. The Morgan fingerprint density at radius 2 is 2.32 bits per heavy atom. The van der Waals surface area contributed by atoms with E-state index in [0.29, 0.717) is 30.3 Å². The van der Waals surface area contributed by atoms with Crippen LogP contribution in [0.5, 0.6) is 5.19 Å². The molecule has 0 amide bonds. The molecule has 1 atom stereocenters. The van der Waals surface area contributed by atoms with Crippen molar-refractivity contribution in [1.29, 1.82) is 0 Å². The van der Waals surface area contributed by atoms with Crippen LogP contribution in [0, 0.1) is 5.82 Å². The van der Waals surface area contributed by atoms with E-state index in [4.69, 9.17) is 4.74 Å². The van der Waals surface area contributed by atoms with Crippen LogP contribution in [0.2, 0.25) is 0 Å². The van der Waals surface area contributed by atoms with E-state index in [1.165, 1.54) is 33.8 Å². The average Bonchev–Trinajstić information content (AvgIpc) is 3.10. The third-order valence-electron chi connectivity index (χ3n) is 3.42. The number of sulfonamides is 1. The normalized spacial score (nSPS) is 19.4. The van der Waals surface area contributed by atoms with Crippen LogP contribution in [0.15, 0.2) is 35.8 Å². The van der Waals surface area contributed by atoms with Crippen LogP contribution < -0.4 is 4.74 Å². The highest BCUT2D eigenvalue weighted by Crippen LogP contribution is 2.23. The molecule has 8 heteroatoms. The van der Waals surface area contributed by atoms with E-state index in [2.05, 4.69) is 4.98 Å². The van der Waals surface area contributed by atoms with Crippen molar-refractivity contribution in [2.24, 2.45) is 0 Å². The summed E-state index contributed by atoms with van der Waals surface area (Å²) >= 11 is 1.38. The van der Waals surface area contributed by atoms with Gasteiger partial charge >= 0.3 is 0 Å². The molecule has 1 unspecified atom stereocenters. The van der Waals surface area contributed by atoms with E-state index in [1.54, 1.807) is 12.3 Å². The minimum atomic E-state index is -3.47. The lowest BCUT2D eigenvalue weighted by atomic mass is 10.2. The summed E-state index contributed by atoms with van der Waals surface area (Å²) in [6.07, 6.45) is 2.09. The molecule has 1 aromatic heterocycles. The number of hydrogen-bond acceptors (Lipinski definition) is 5. The lowest BCUT2D eigenvalue weighted by Crippen LogP contribution is -2.32. The molecule has 1 aliphatic rings. The summed E-state index contributed by atoms with van der Waals surface area (Å²) in [5.41, 5.74) is 0.448. The summed E-state index contributed by atoms with van der Waals surface area (Å²) in [4.78, 5) is 4.03. The number of halogens is 1. The van der Waals surface area contributed by atoms with Gasteiger partial charge in [0.25, 0.3) is 5.19 Å². The van der Waals surface area contributed by atoms with Gasteiger partial charge in [-0.15, -0.1) is 0 Å². The zero-order valence-corrected chi connectivity index (χ0v) is 13.3.